The lowest BCUT2D eigenvalue weighted by atomic mass is 10.2. The van der Waals surface area contributed by atoms with Gasteiger partial charge in [-0.1, -0.05) is 54.1 Å². The predicted octanol–water partition coefficient (Wildman–Crippen LogP) is 2.38. The lowest BCUT2D eigenvalue weighted by Gasteiger charge is -2.14. The van der Waals surface area contributed by atoms with Crippen LogP contribution in [0.4, 0.5) is 5.69 Å². The number of benzene rings is 2. The molecule has 0 saturated heterocycles. The van der Waals surface area contributed by atoms with Crippen molar-refractivity contribution in [2.75, 3.05) is 18.9 Å². The monoisotopic (exact) mass is 402 g/mol. The number of quaternary nitrogens is 1. The first-order valence-electron chi connectivity index (χ1n) is 8.50. The molecule has 6 nitrogen and oxygen atoms in total. The van der Waals surface area contributed by atoms with Gasteiger partial charge in [0, 0.05) is 12.6 Å². The number of para-hydroxylation sites is 1. The Bertz CT molecular complexity index is 999. The number of amides is 1. The summed E-state index contributed by atoms with van der Waals surface area (Å²) in [5, 5.41) is 7.97. The van der Waals surface area contributed by atoms with Gasteiger partial charge in [0.1, 0.15) is 0 Å². The van der Waals surface area contributed by atoms with E-state index in [4.69, 9.17) is 23.8 Å². The van der Waals surface area contributed by atoms with Crippen LogP contribution in [0.5, 0.6) is 0 Å². The van der Waals surface area contributed by atoms with Crippen molar-refractivity contribution in [3.05, 3.63) is 64.4 Å². The Balaban J connectivity index is 1.68. The summed E-state index contributed by atoms with van der Waals surface area (Å²) in [6, 6.07) is 17.1. The molecular weight excluding hydrogens is 382 g/mol. The van der Waals surface area contributed by atoms with Crippen molar-refractivity contribution in [1.29, 1.82) is 0 Å². The van der Waals surface area contributed by atoms with Gasteiger partial charge in [-0.3, -0.25) is 4.79 Å². The van der Waals surface area contributed by atoms with Crippen LogP contribution in [0.15, 0.2) is 54.6 Å². The Labute approximate surface area is 168 Å². The fourth-order valence-corrected chi connectivity index (χ4v) is 3.15. The number of nitrogens with zero attached hydrogens (tertiary/aromatic N) is 3. The molecule has 0 fully saturated rings. The van der Waals surface area contributed by atoms with Crippen LogP contribution in [0, 0.1) is 4.77 Å². The number of hydrogen-bond donors (Lipinski definition) is 2. The van der Waals surface area contributed by atoms with Gasteiger partial charge >= 0.3 is 0 Å². The molecule has 0 aliphatic rings. The van der Waals surface area contributed by atoms with Crippen LogP contribution in [0.3, 0.4) is 0 Å². The maximum atomic E-state index is 12.3. The Kier molecular flexibility index (Phi) is 6.05. The van der Waals surface area contributed by atoms with E-state index >= 15 is 0 Å². The van der Waals surface area contributed by atoms with Crippen LogP contribution in [-0.4, -0.2) is 33.8 Å². The maximum absolute atomic E-state index is 12.3. The van der Waals surface area contributed by atoms with Crippen molar-refractivity contribution in [3.8, 4) is 11.4 Å². The third kappa shape index (κ3) is 4.63. The van der Waals surface area contributed by atoms with Gasteiger partial charge in [0.25, 0.3) is 5.91 Å². The molecule has 0 radical (unpaired) electrons. The first kappa shape index (κ1) is 19.3. The summed E-state index contributed by atoms with van der Waals surface area (Å²) in [6.07, 6.45) is 0. The summed E-state index contributed by atoms with van der Waals surface area (Å²) in [5.74, 6) is 0.681. The Morgan fingerprint density at radius 1 is 1.19 bits per heavy atom. The quantitative estimate of drug-likeness (QED) is 0.622. The molecule has 0 aliphatic carbocycles. The fraction of sp³-hybridized carbons (Fsp3) is 0.211. The zero-order valence-electron chi connectivity index (χ0n) is 15.1. The zero-order valence-corrected chi connectivity index (χ0v) is 16.7. The van der Waals surface area contributed by atoms with E-state index in [2.05, 4.69) is 10.4 Å². The second-order valence-electron chi connectivity index (χ2n) is 6.35. The largest absolute Gasteiger partial charge is 0.320 e. The SMILES string of the molecule is Cn1c(-c2ccccc2)nn(C[NH+](C)CC(=O)Nc2ccccc2Cl)c1=S. The summed E-state index contributed by atoms with van der Waals surface area (Å²) in [4.78, 5) is 13.2. The highest BCUT2D eigenvalue weighted by Gasteiger charge is 2.15. The average molecular weight is 403 g/mol. The number of nitrogens with one attached hydrogen (secondary N) is 2. The Hall–Kier alpha value is -2.48. The number of rotatable bonds is 6. The summed E-state index contributed by atoms with van der Waals surface area (Å²) >= 11 is 11.6. The van der Waals surface area contributed by atoms with Crippen molar-refractivity contribution in [1.82, 2.24) is 14.3 Å². The molecule has 3 aromatic rings. The second kappa shape index (κ2) is 8.47. The molecule has 2 N–H and O–H groups in total. The van der Waals surface area contributed by atoms with Crippen molar-refractivity contribution < 1.29 is 9.69 Å². The topological polar surface area (TPSA) is 56.3 Å². The van der Waals surface area contributed by atoms with Crippen LogP contribution in [-0.2, 0) is 18.5 Å². The maximum Gasteiger partial charge on any atom is 0.279 e. The Morgan fingerprint density at radius 2 is 1.85 bits per heavy atom. The van der Waals surface area contributed by atoms with Crippen molar-refractivity contribution >= 4 is 35.4 Å². The molecule has 0 saturated carbocycles. The van der Waals surface area contributed by atoms with E-state index in [0.717, 1.165) is 16.3 Å². The molecule has 27 heavy (non-hydrogen) atoms. The van der Waals surface area contributed by atoms with Gasteiger partial charge in [0.15, 0.2) is 19.0 Å². The number of halogens is 1. The molecule has 1 amide bonds. The van der Waals surface area contributed by atoms with Crippen molar-refractivity contribution in [2.45, 2.75) is 6.67 Å². The predicted molar refractivity (Wildman–Crippen MR) is 109 cm³/mol. The summed E-state index contributed by atoms with van der Waals surface area (Å²) < 4.78 is 4.23. The normalized spacial score (nSPS) is 12.0. The number of carbonyl (C=O) groups excluding carboxylic acids is 1. The second-order valence-corrected chi connectivity index (χ2v) is 7.12. The van der Waals surface area contributed by atoms with E-state index in [1.54, 1.807) is 16.8 Å². The minimum absolute atomic E-state index is 0.119. The zero-order chi connectivity index (χ0) is 19.4. The summed E-state index contributed by atoms with van der Waals surface area (Å²) in [7, 11) is 3.82. The van der Waals surface area contributed by atoms with Crippen LogP contribution >= 0.6 is 23.8 Å². The van der Waals surface area contributed by atoms with Crippen LogP contribution in [0.25, 0.3) is 11.4 Å². The first-order chi connectivity index (χ1) is 13.0. The Morgan fingerprint density at radius 3 is 2.56 bits per heavy atom. The number of carbonyl (C=O) groups is 1. The van der Waals surface area contributed by atoms with Crippen molar-refractivity contribution in [3.63, 3.8) is 0 Å². The molecule has 0 spiro atoms. The molecule has 2 aromatic carbocycles. The number of anilines is 1. The molecule has 0 bridgehead atoms. The molecule has 1 aromatic heterocycles. The minimum Gasteiger partial charge on any atom is -0.320 e. The molecule has 1 unspecified atom stereocenters. The van der Waals surface area contributed by atoms with E-state index in [1.807, 2.05) is 61.1 Å². The van der Waals surface area contributed by atoms with Gasteiger partial charge in [-0.25, -0.2) is 0 Å². The highest BCUT2D eigenvalue weighted by molar-refractivity contribution is 7.71. The van der Waals surface area contributed by atoms with Crippen molar-refractivity contribution in [2.24, 2.45) is 7.05 Å². The average Bonchev–Trinajstić information content (AvgIpc) is 2.92. The third-order valence-electron chi connectivity index (χ3n) is 4.10. The lowest BCUT2D eigenvalue weighted by Crippen LogP contribution is -3.09. The van der Waals surface area contributed by atoms with E-state index in [1.165, 1.54) is 0 Å². The van der Waals surface area contributed by atoms with Gasteiger partial charge in [-0.2, -0.15) is 4.68 Å². The minimum atomic E-state index is -0.119. The molecule has 1 heterocycles. The molecule has 1 atom stereocenters. The number of hydrogen-bond acceptors (Lipinski definition) is 3. The van der Waals surface area contributed by atoms with E-state index in [9.17, 15) is 4.79 Å². The fourth-order valence-electron chi connectivity index (χ4n) is 2.77. The number of likely N-dealkylation sites (N-methyl/N-ethyl adjacent to an activating group) is 1. The standard InChI is InChI=1S/C19H20ClN5OS/c1-23(12-17(26)21-16-11-7-6-10-15(16)20)13-25-19(27)24(2)18(22-25)14-8-4-3-5-9-14/h3-11H,12-13H2,1-2H3,(H,21,26)/p+1. The van der Waals surface area contributed by atoms with Crippen LogP contribution < -0.4 is 10.2 Å². The molecular formula is C19H21ClN5OS+. The third-order valence-corrected chi connectivity index (χ3v) is 4.92. The summed E-state index contributed by atoms with van der Waals surface area (Å²) in [5.41, 5.74) is 1.61. The molecule has 140 valence electrons. The van der Waals surface area contributed by atoms with E-state index in [0.29, 0.717) is 22.1 Å². The van der Waals surface area contributed by atoms with Gasteiger partial charge in [-0.05, 0) is 24.4 Å². The molecule has 0 aliphatic heterocycles. The highest BCUT2D eigenvalue weighted by atomic mass is 35.5. The van der Waals surface area contributed by atoms with Gasteiger partial charge < -0.3 is 14.8 Å². The lowest BCUT2D eigenvalue weighted by molar-refractivity contribution is -0.895. The summed E-state index contributed by atoms with van der Waals surface area (Å²) in [6.45, 7) is 0.750. The smallest absolute Gasteiger partial charge is 0.279 e. The first-order valence-corrected chi connectivity index (χ1v) is 9.29. The molecule has 3 rings (SSSR count). The number of aromatic nitrogens is 3. The van der Waals surface area contributed by atoms with E-state index < -0.39 is 0 Å². The van der Waals surface area contributed by atoms with Gasteiger partial charge in [0.2, 0.25) is 4.77 Å². The van der Waals surface area contributed by atoms with Crippen LogP contribution in [0.1, 0.15) is 0 Å². The highest BCUT2D eigenvalue weighted by Crippen LogP contribution is 2.20. The molecule has 8 heteroatoms. The van der Waals surface area contributed by atoms with Gasteiger partial charge in [-0.15, -0.1) is 5.10 Å². The van der Waals surface area contributed by atoms with E-state index in [-0.39, 0.29) is 12.5 Å². The van der Waals surface area contributed by atoms with Gasteiger partial charge in [0.05, 0.1) is 17.8 Å². The van der Waals surface area contributed by atoms with Crippen LogP contribution in [0.2, 0.25) is 5.02 Å².